The summed E-state index contributed by atoms with van der Waals surface area (Å²) >= 11 is 0. The number of carbonyl (C=O) groups excluding carboxylic acids is 1. The Morgan fingerprint density at radius 3 is 2.69 bits per heavy atom. The highest BCUT2D eigenvalue weighted by atomic mass is 16.5. The fraction of sp³-hybridized carbons (Fsp3) is 0.875. The lowest BCUT2D eigenvalue weighted by molar-refractivity contribution is -0.128. The fourth-order valence-electron chi connectivity index (χ4n) is 1.41. The molecule has 0 aliphatic carbocycles. The van der Waals surface area contributed by atoms with E-state index >= 15 is 0 Å². The Bertz CT molecular complexity index is 169. The van der Waals surface area contributed by atoms with Crippen LogP contribution < -0.4 is 11.1 Å². The third-order valence-corrected chi connectivity index (χ3v) is 2.24. The summed E-state index contributed by atoms with van der Waals surface area (Å²) in [6.07, 6.45) is -0.474. The van der Waals surface area contributed by atoms with Crippen LogP contribution in [0.3, 0.4) is 0 Å². The van der Waals surface area contributed by atoms with Crippen LogP contribution in [0.4, 0.5) is 0 Å². The molecule has 1 unspecified atom stereocenters. The molecule has 0 spiro atoms. The summed E-state index contributed by atoms with van der Waals surface area (Å²) in [5, 5.41) is 3.24. The fourth-order valence-corrected chi connectivity index (χ4v) is 1.41. The third-order valence-electron chi connectivity index (χ3n) is 2.24. The molecule has 0 aromatic rings. The number of rotatable bonds is 4. The zero-order valence-electron chi connectivity index (χ0n) is 7.95. The Morgan fingerprint density at radius 1 is 1.62 bits per heavy atom. The molecule has 5 heteroatoms. The lowest BCUT2D eigenvalue weighted by Crippen LogP contribution is -2.49. The number of amides is 1. The molecule has 0 saturated carbocycles. The third kappa shape index (κ3) is 3.30. The number of hydrogen-bond donors (Lipinski definition) is 2. The van der Waals surface area contributed by atoms with E-state index in [1.165, 1.54) is 7.11 Å². The molecule has 13 heavy (non-hydrogen) atoms. The number of nitrogens with zero attached hydrogens (tertiary/aromatic N) is 1. The number of piperazine rings is 1. The van der Waals surface area contributed by atoms with Crippen LogP contribution in [0.15, 0.2) is 0 Å². The van der Waals surface area contributed by atoms with Gasteiger partial charge in [-0.3, -0.25) is 9.69 Å². The molecular formula is C8H17N3O2. The van der Waals surface area contributed by atoms with Gasteiger partial charge in [0.15, 0.2) is 0 Å². The molecule has 1 rings (SSSR count). The van der Waals surface area contributed by atoms with Crippen molar-refractivity contribution in [1.82, 2.24) is 10.2 Å². The van der Waals surface area contributed by atoms with Gasteiger partial charge in [-0.2, -0.15) is 0 Å². The maximum absolute atomic E-state index is 10.9. The molecule has 1 amide bonds. The van der Waals surface area contributed by atoms with Gasteiger partial charge in [0.25, 0.3) is 0 Å². The van der Waals surface area contributed by atoms with Crippen molar-refractivity contribution < 1.29 is 9.53 Å². The largest absolute Gasteiger partial charge is 0.370 e. The van der Waals surface area contributed by atoms with Crippen LogP contribution in [0.1, 0.15) is 0 Å². The molecule has 0 aromatic carbocycles. The number of nitrogens with two attached hydrogens (primary N) is 1. The summed E-state index contributed by atoms with van der Waals surface area (Å²) in [5.41, 5.74) is 5.16. The van der Waals surface area contributed by atoms with Gasteiger partial charge in [0.05, 0.1) is 0 Å². The SMILES string of the molecule is COC(CN1CCNCC1)C(N)=O. The monoisotopic (exact) mass is 187 g/mol. The molecule has 1 aliphatic rings. The van der Waals surface area contributed by atoms with Crippen LogP contribution in [0.2, 0.25) is 0 Å². The van der Waals surface area contributed by atoms with E-state index in [9.17, 15) is 4.79 Å². The zero-order chi connectivity index (χ0) is 9.68. The van der Waals surface area contributed by atoms with Gasteiger partial charge >= 0.3 is 0 Å². The molecule has 0 aromatic heterocycles. The minimum Gasteiger partial charge on any atom is -0.370 e. The summed E-state index contributed by atoms with van der Waals surface area (Å²) in [5.74, 6) is -0.388. The number of carbonyl (C=O) groups is 1. The summed E-state index contributed by atoms with van der Waals surface area (Å²) in [6.45, 7) is 4.44. The van der Waals surface area contributed by atoms with E-state index < -0.39 is 6.10 Å². The number of methoxy groups -OCH3 is 1. The molecule has 3 N–H and O–H groups in total. The number of hydrogen-bond acceptors (Lipinski definition) is 4. The van der Waals surface area contributed by atoms with Crippen molar-refractivity contribution in [3.05, 3.63) is 0 Å². The first-order valence-electron chi connectivity index (χ1n) is 4.49. The zero-order valence-corrected chi connectivity index (χ0v) is 7.95. The summed E-state index contributed by atoms with van der Waals surface area (Å²) in [6, 6.07) is 0. The van der Waals surface area contributed by atoms with Crippen LogP contribution in [0, 0.1) is 0 Å². The topological polar surface area (TPSA) is 67.6 Å². The van der Waals surface area contributed by atoms with Crippen LogP contribution in [-0.4, -0.2) is 56.7 Å². The van der Waals surface area contributed by atoms with E-state index in [0.29, 0.717) is 6.54 Å². The van der Waals surface area contributed by atoms with Crippen molar-refractivity contribution in [1.29, 1.82) is 0 Å². The minimum absolute atomic E-state index is 0.388. The number of nitrogens with one attached hydrogen (secondary N) is 1. The van der Waals surface area contributed by atoms with Crippen molar-refractivity contribution in [2.24, 2.45) is 5.73 Å². The van der Waals surface area contributed by atoms with Gasteiger partial charge in [0.2, 0.25) is 5.91 Å². The molecule has 1 heterocycles. The lowest BCUT2D eigenvalue weighted by Gasteiger charge is -2.29. The predicted molar refractivity (Wildman–Crippen MR) is 49.3 cm³/mol. The van der Waals surface area contributed by atoms with E-state index in [1.807, 2.05) is 0 Å². The highest BCUT2D eigenvalue weighted by Gasteiger charge is 2.19. The molecule has 1 fully saturated rings. The Hall–Kier alpha value is -0.650. The first-order chi connectivity index (χ1) is 6.24. The molecule has 76 valence electrons. The van der Waals surface area contributed by atoms with Crippen LogP contribution in [0.5, 0.6) is 0 Å². The predicted octanol–water partition coefficient (Wildman–Crippen LogP) is -1.61. The normalized spacial score (nSPS) is 21.3. The number of primary amides is 1. The Balaban J connectivity index is 2.31. The molecule has 0 bridgehead atoms. The summed E-state index contributed by atoms with van der Waals surface area (Å²) in [7, 11) is 1.51. The van der Waals surface area contributed by atoms with Crippen LogP contribution in [0.25, 0.3) is 0 Å². The van der Waals surface area contributed by atoms with Crippen molar-refractivity contribution in [3.8, 4) is 0 Å². The summed E-state index contributed by atoms with van der Waals surface area (Å²) < 4.78 is 4.98. The molecule has 5 nitrogen and oxygen atoms in total. The average Bonchev–Trinajstić information content (AvgIpc) is 2.15. The van der Waals surface area contributed by atoms with Crippen molar-refractivity contribution in [2.45, 2.75) is 6.10 Å². The second kappa shape index (κ2) is 5.16. The van der Waals surface area contributed by atoms with Crippen LogP contribution >= 0.6 is 0 Å². The highest BCUT2D eigenvalue weighted by molar-refractivity contribution is 5.79. The Labute approximate surface area is 78.2 Å². The number of ether oxygens (including phenoxy) is 1. The van der Waals surface area contributed by atoms with Crippen molar-refractivity contribution >= 4 is 5.91 Å². The van der Waals surface area contributed by atoms with Gasteiger partial charge in [-0.05, 0) is 0 Å². The van der Waals surface area contributed by atoms with Gasteiger partial charge in [-0.25, -0.2) is 0 Å². The van der Waals surface area contributed by atoms with E-state index in [-0.39, 0.29) is 5.91 Å². The van der Waals surface area contributed by atoms with E-state index in [1.54, 1.807) is 0 Å². The van der Waals surface area contributed by atoms with Gasteiger partial charge in [0, 0.05) is 39.8 Å². The smallest absolute Gasteiger partial charge is 0.247 e. The average molecular weight is 187 g/mol. The van der Waals surface area contributed by atoms with Gasteiger partial charge in [-0.15, -0.1) is 0 Å². The van der Waals surface area contributed by atoms with E-state index in [2.05, 4.69) is 10.2 Å². The van der Waals surface area contributed by atoms with Gasteiger partial charge in [-0.1, -0.05) is 0 Å². The van der Waals surface area contributed by atoms with Crippen molar-refractivity contribution in [3.63, 3.8) is 0 Å². The molecule has 0 radical (unpaired) electrons. The maximum atomic E-state index is 10.9. The molecule has 1 aliphatic heterocycles. The first kappa shape index (κ1) is 10.4. The van der Waals surface area contributed by atoms with E-state index in [4.69, 9.17) is 10.5 Å². The van der Waals surface area contributed by atoms with Crippen LogP contribution in [-0.2, 0) is 9.53 Å². The first-order valence-corrected chi connectivity index (χ1v) is 4.49. The Kier molecular flexibility index (Phi) is 4.14. The molecule has 1 atom stereocenters. The molecular weight excluding hydrogens is 170 g/mol. The lowest BCUT2D eigenvalue weighted by atomic mass is 10.2. The minimum atomic E-state index is -0.474. The van der Waals surface area contributed by atoms with Gasteiger partial charge in [0.1, 0.15) is 6.10 Å². The van der Waals surface area contributed by atoms with E-state index in [0.717, 1.165) is 26.2 Å². The second-order valence-electron chi connectivity index (χ2n) is 3.18. The Morgan fingerprint density at radius 2 is 2.23 bits per heavy atom. The standard InChI is InChI=1S/C8H17N3O2/c1-13-7(8(9)12)6-11-4-2-10-3-5-11/h7,10H,2-6H2,1H3,(H2,9,12). The highest BCUT2D eigenvalue weighted by Crippen LogP contribution is 1.97. The molecule has 1 saturated heterocycles. The van der Waals surface area contributed by atoms with Gasteiger partial charge < -0.3 is 15.8 Å². The summed E-state index contributed by atoms with van der Waals surface area (Å²) in [4.78, 5) is 13.0. The second-order valence-corrected chi connectivity index (χ2v) is 3.18. The maximum Gasteiger partial charge on any atom is 0.247 e. The quantitative estimate of drug-likeness (QED) is 0.556. The van der Waals surface area contributed by atoms with Crippen molar-refractivity contribution in [2.75, 3.05) is 39.8 Å².